The summed E-state index contributed by atoms with van der Waals surface area (Å²) in [5.74, 6) is -1.86. The average molecular weight is 826 g/mol. The van der Waals surface area contributed by atoms with E-state index in [1.54, 1.807) is 0 Å². The predicted octanol–water partition coefficient (Wildman–Crippen LogP) is 12.5. The van der Waals surface area contributed by atoms with Gasteiger partial charge in [0, 0.05) is 6.42 Å². The zero-order chi connectivity index (χ0) is 42.6. The molecule has 0 saturated heterocycles. The number of rotatable bonds is 48. The van der Waals surface area contributed by atoms with Crippen LogP contribution in [0.3, 0.4) is 0 Å². The number of quaternary nitrogens is 1. The van der Waals surface area contributed by atoms with Crippen molar-refractivity contribution in [2.45, 2.75) is 263 Å². The van der Waals surface area contributed by atoms with Crippen molar-refractivity contribution in [2.75, 3.05) is 47.5 Å². The summed E-state index contributed by atoms with van der Waals surface area (Å²) in [5, 5.41) is 21.2. The summed E-state index contributed by atoms with van der Waals surface area (Å²) in [7, 11) is 5.89. The number of carboxylic acid groups (broad SMARTS) is 1. The van der Waals surface area contributed by atoms with Crippen LogP contribution in [0.4, 0.5) is 0 Å². The fraction of sp³-hybridized carbons (Fsp3) is 0.960. The van der Waals surface area contributed by atoms with Crippen LogP contribution in [-0.4, -0.2) is 81.4 Å². The maximum atomic E-state index is 12.0. The van der Waals surface area contributed by atoms with Gasteiger partial charge >= 0.3 is 5.97 Å². The summed E-state index contributed by atoms with van der Waals surface area (Å²) in [5.41, 5.74) is 0. The molecule has 0 amide bonds. The minimum absolute atomic E-state index is 0.174. The van der Waals surface area contributed by atoms with E-state index in [0.717, 1.165) is 19.3 Å². The first-order valence-corrected chi connectivity index (χ1v) is 25.2. The summed E-state index contributed by atoms with van der Waals surface area (Å²) in [6.45, 7) is 2.50. The van der Waals surface area contributed by atoms with Crippen molar-refractivity contribution >= 4 is 11.9 Å². The average Bonchev–Trinajstić information content (AvgIpc) is 3.19. The van der Waals surface area contributed by atoms with Crippen molar-refractivity contribution in [1.82, 2.24) is 0 Å². The third kappa shape index (κ3) is 45.9. The Kier molecular flexibility index (Phi) is 42.9. The lowest BCUT2D eigenvalue weighted by Gasteiger charge is -2.26. The lowest BCUT2D eigenvalue weighted by atomic mass is 10.0. The SMILES string of the molecule is CCCCCCCCCCCCCCCCCCCCCCCCCCCCCCCCCCCCCCCC(=O)OCC(O)COC(OCC[N+](C)(C)C)C(=O)[O-]. The molecule has 0 aliphatic carbocycles. The van der Waals surface area contributed by atoms with Crippen LogP contribution >= 0.6 is 0 Å². The Bertz CT molecular complexity index is 863. The molecule has 58 heavy (non-hydrogen) atoms. The van der Waals surface area contributed by atoms with Crippen molar-refractivity contribution < 1.29 is 38.5 Å². The van der Waals surface area contributed by atoms with Crippen molar-refractivity contribution in [3.8, 4) is 0 Å². The Morgan fingerprint density at radius 1 is 0.466 bits per heavy atom. The number of hydrogen-bond acceptors (Lipinski definition) is 7. The molecule has 0 saturated carbocycles. The first-order valence-electron chi connectivity index (χ1n) is 25.2. The number of nitrogens with zero attached hydrogens (tertiary/aromatic N) is 1. The highest BCUT2D eigenvalue weighted by Crippen LogP contribution is 2.18. The predicted molar refractivity (Wildman–Crippen MR) is 242 cm³/mol. The summed E-state index contributed by atoms with van der Waals surface area (Å²) in [4.78, 5) is 23.2. The normalized spacial score (nSPS) is 12.9. The number of aliphatic hydroxyl groups is 1. The van der Waals surface area contributed by atoms with Gasteiger partial charge in [-0.25, -0.2) is 0 Å². The number of hydrogen-bond donors (Lipinski definition) is 1. The lowest BCUT2D eigenvalue weighted by Crippen LogP contribution is -2.44. The number of aliphatic carboxylic acids is 1. The molecule has 0 spiro atoms. The molecule has 0 bridgehead atoms. The first-order chi connectivity index (χ1) is 28.2. The molecule has 0 aliphatic rings. The molecule has 2 unspecified atom stereocenters. The van der Waals surface area contributed by atoms with Gasteiger partial charge in [-0.1, -0.05) is 238 Å². The zero-order valence-electron chi connectivity index (χ0n) is 39.2. The standard InChI is InChI=1S/C50H99NO7/c1-5-6-7-8-9-10-11-12-13-14-15-16-17-18-19-20-21-22-23-24-25-26-27-28-29-30-31-32-33-34-35-36-37-38-39-40-41-42-48(53)57-45-47(52)46-58-50(49(54)55)56-44-43-51(2,3)4/h47,50,52H,5-46H2,1-4H3. The van der Waals surface area contributed by atoms with E-state index in [0.29, 0.717) is 17.4 Å². The molecule has 0 aromatic rings. The molecule has 0 aromatic carbocycles. The summed E-state index contributed by atoms with van der Waals surface area (Å²) < 4.78 is 16.1. The highest BCUT2D eigenvalue weighted by molar-refractivity contribution is 5.69. The van der Waals surface area contributed by atoms with Crippen LogP contribution in [-0.2, 0) is 23.8 Å². The molecule has 0 aliphatic heterocycles. The van der Waals surface area contributed by atoms with E-state index < -0.39 is 18.4 Å². The number of carbonyl (C=O) groups excluding carboxylic acids is 2. The summed E-state index contributed by atoms with van der Waals surface area (Å²) in [6, 6.07) is 0. The molecular formula is C50H99NO7. The van der Waals surface area contributed by atoms with Crippen LogP contribution in [0.1, 0.15) is 251 Å². The van der Waals surface area contributed by atoms with Gasteiger partial charge in [-0.3, -0.25) is 4.79 Å². The number of esters is 1. The molecule has 0 fully saturated rings. The number of likely N-dealkylation sites (N-methyl/N-ethyl adjacent to an activating group) is 1. The topological polar surface area (TPSA) is 105 Å². The molecule has 2 atom stereocenters. The van der Waals surface area contributed by atoms with Crippen LogP contribution in [0.15, 0.2) is 0 Å². The van der Waals surface area contributed by atoms with Gasteiger partial charge in [0.2, 0.25) is 0 Å². The Balaban J connectivity index is 3.29. The minimum Gasteiger partial charge on any atom is -0.545 e. The van der Waals surface area contributed by atoms with Crippen molar-refractivity contribution in [3.05, 3.63) is 0 Å². The number of carbonyl (C=O) groups is 2. The molecule has 346 valence electrons. The van der Waals surface area contributed by atoms with Gasteiger partial charge in [0.05, 0.1) is 40.3 Å². The van der Waals surface area contributed by atoms with Crippen LogP contribution < -0.4 is 5.11 Å². The van der Waals surface area contributed by atoms with Crippen LogP contribution in [0, 0.1) is 0 Å². The van der Waals surface area contributed by atoms with E-state index in [-0.39, 0.29) is 25.8 Å². The van der Waals surface area contributed by atoms with Gasteiger partial charge in [0.15, 0.2) is 6.29 Å². The third-order valence-corrected chi connectivity index (χ3v) is 11.6. The van der Waals surface area contributed by atoms with Gasteiger partial charge in [-0.05, 0) is 6.42 Å². The maximum Gasteiger partial charge on any atom is 0.305 e. The van der Waals surface area contributed by atoms with Gasteiger partial charge in [-0.2, -0.15) is 0 Å². The largest absolute Gasteiger partial charge is 0.545 e. The van der Waals surface area contributed by atoms with Crippen LogP contribution in [0.2, 0.25) is 0 Å². The molecule has 0 aromatic heterocycles. The van der Waals surface area contributed by atoms with Crippen molar-refractivity contribution in [3.63, 3.8) is 0 Å². The van der Waals surface area contributed by atoms with Crippen molar-refractivity contribution in [2.24, 2.45) is 0 Å². The molecule has 0 radical (unpaired) electrons. The zero-order valence-corrected chi connectivity index (χ0v) is 39.2. The number of unbranched alkanes of at least 4 members (excludes halogenated alkanes) is 36. The van der Waals surface area contributed by atoms with Gasteiger partial charge in [0.25, 0.3) is 0 Å². The molecule has 0 rings (SSSR count). The lowest BCUT2D eigenvalue weighted by molar-refractivity contribution is -0.870. The maximum absolute atomic E-state index is 12.0. The Hall–Kier alpha value is -1.22. The second-order valence-electron chi connectivity index (χ2n) is 18.7. The molecule has 0 heterocycles. The van der Waals surface area contributed by atoms with Crippen LogP contribution in [0.5, 0.6) is 0 Å². The van der Waals surface area contributed by atoms with Gasteiger partial charge in [0.1, 0.15) is 19.3 Å². The van der Waals surface area contributed by atoms with Crippen LogP contribution in [0.25, 0.3) is 0 Å². The second kappa shape index (κ2) is 43.9. The Morgan fingerprint density at radius 3 is 1.03 bits per heavy atom. The van der Waals surface area contributed by atoms with Gasteiger partial charge in [-0.15, -0.1) is 0 Å². The number of carboxylic acids is 1. The fourth-order valence-electron chi connectivity index (χ4n) is 7.66. The monoisotopic (exact) mass is 826 g/mol. The van der Waals surface area contributed by atoms with Gasteiger partial charge < -0.3 is 33.7 Å². The van der Waals surface area contributed by atoms with E-state index in [1.165, 1.54) is 218 Å². The van der Waals surface area contributed by atoms with E-state index in [4.69, 9.17) is 14.2 Å². The molecular weight excluding hydrogens is 727 g/mol. The van der Waals surface area contributed by atoms with Crippen molar-refractivity contribution in [1.29, 1.82) is 0 Å². The minimum atomic E-state index is -1.57. The third-order valence-electron chi connectivity index (χ3n) is 11.6. The smallest absolute Gasteiger partial charge is 0.305 e. The Labute approximate surface area is 360 Å². The second-order valence-corrected chi connectivity index (χ2v) is 18.7. The summed E-state index contributed by atoms with van der Waals surface area (Å²) >= 11 is 0. The number of ether oxygens (including phenoxy) is 3. The molecule has 8 nitrogen and oxygen atoms in total. The number of aliphatic hydroxyl groups excluding tert-OH is 1. The van der Waals surface area contributed by atoms with E-state index in [1.807, 2.05) is 21.1 Å². The highest BCUT2D eigenvalue weighted by Gasteiger charge is 2.17. The molecule has 8 heteroatoms. The van der Waals surface area contributed by atoms with E-state index in [2.05, 4.69) is 6.92 Å². The quantitative estimate of drug-likeness (QED) is 0.0282. The summed E-state index contributed by atoms with van der Waals surface area (Å²) in [6.07, 6.45) is 49.0. The fourth-order valence-corrected chi connectivity index (χ4v) is 7.66. The Morgan fingerprint density at radius 2 is 0.759 bits per heavy atom. The first kappa shape index (κ1) is 56.8. The van der Waals surface area contributed by atoms with E-state index in [9.17, 15) is 19.8 Å². The highest BCUT2D eigenvalue weighted by atomic mass is 16.7. The molecule has 1 N–H and O–H groups in total. The van der Waals surface area contributed by atoms with E-state index >= 15 is 0 Å².